The van der Waals surface area contributed by atoms with E-state index in [9.17, 15) is 4.79 Å². The molecular weight excluding hydrogens is 293 g/mol. The van der Waals surface area contributed by atoms with Crippen LogP contribution in [0, 0.1) is 0 Å². The summed E-state index contributed by atoms with van der Waals surface area (Å²) in [7, 11) is 0. The van der Waals surface area contributed by atoms with Gasteiger partial charge in [-0.2, -0.15) is 0 Å². The second-order valence-electron chi connectivity index (χ2n) is 3.60. The van der Waals surface area contributed by atoms with Crippen molar-refractivity contribution < 1.29 is 9.90 Å². The Kier molecular flexibility index (Phi) is 3.90. The summed E-state index contributed by atoms with van der Waals surface area (Å²) in [6.07, 6.45) is 0.694. The largest absolute Gasteiger partial charge is 0.476 e. The maximum atomic E-state index is 11.2. The minimum Gasteiger partial charge on any atom is -0.476 e. The van der Waals surface area contributed by atoms with E-state index in [2.05, 4.69) is 4.98 Å². The van der Waals surface area contributed by atoms with Gasteiger partial charge >= 0.3 is 5.97 Å². The van der Waals surface area contributed by atoms with Gasteiger partial charge in [-0.05, 0) is 30.2 Å². The zero-order valence-corrected chi connectivity index (χ0v) is 11.7. The average molecular weight is 302 g/mol. The molecule has 1 heterocycles. The van der Waals surface area contributed by atoms with Gasteiger partial charge in [-0.15, -0.1) is 11.3 Å². The molecule has 0 saturated carbocycles. The number of aromatic carboxylic acids is 1. The Morgan fingerprint density at radius 3 is 2.44 bits per heavy atom. The van der Waals surface area contributed by atoms with Gasteiger partial charge in [0.15, 0.2) is 5.69 Å². The summed E-state index contributed by atoms with van der Waals surface area (Å²) in [5, 5.41) is 10.9. The van der Waals surface area contributed by atoms with Crippen molar-refractivity contribution in [2.45, 2.75) is 13.3 Å². The van der Waals surface area contributed by atoms with E-state index < -0.39 is 5.97 Å². The van der Waals surface area contributed by atoms with Crippen molar-refractivity contribution in [1.82, 2.24) is 4.98 Å². The third-order valence-electron chi connectivity index (χ3n) is 2.30. The number of nitrogens with zero attached hydrogens (tertiary/aromatic N) is 1. The maximum Gasteiger partial charge on any atom is 0.356 e. The highest BCUT2D eigenvalue weighted by atomic mass is 35.5. The van der Waals surface area contributed by atoms with Crippen molar-refractivity contribution in [2.24, 2.45) is 0 Å². The molecule has 3 nitrogen and oxygen atoms in total. The van der Waals surface area contributed by atoms with Gasteiger partial charge in [0.2, 0.25) is 0 Å². The fraction of sp³-hybridized carbons (Fsp3) is 0.167. The summed E-state index contributed by atoms with van der Waals surface area (Å²) in [4.78, 5) is 15.9. The van der Waals surface area contributed by atoms with Gasteiger partial charge in [0, 0.05) is 10.0 Å². The van der Waals surface area contributed by atoms with Crippen molar-refractivity contribution >= 4 is 40.5 Å². The number of thiazole rings is 1. The maximum absolute atomic E-state index is 11.2. The molecular formula is C12H9Cl2NO2S. The monoisotopic (exact) mass is 301 g/mol. The first kappa shape index (κ1) is 13.3. The second-order valence-corrected chi connectivity index (χ2v) is 5.56. The van der Waals surface area contributed by atoms with E-state index in [0.29, 0.717) is 26.9 Å². The van der Waals surface area contributed by atoms with Crippen LogP contribution in [-0.4, -0.2) is 16.1 Å². The Morgan fingerprint density at radius 1 is 1.33 bits per heavy atom. The van der Waals surface area contributed by atoms with Crippen LogP contribution in [0.2, 0.25) is 10.0 Å². The smallest absolute Gasteiger partial charge is 0.356 e. The van der Waals surface area contributed by atoms with Crippen molar-refractivity contribution in [2.75, 3.05) is 0 Å². The summed E-state index contributed by atoms with van der Waals surface area (Å²) in [5.41, 5.74) is 0.734. The predicted octanol–water partition coefficient (Wildman–Crippen LogP) is 4.38. The lowest BCUT2D eigenvalue weighted by Gasteiger charge is -2.01. The lowest BCUT2D eigenvalue weighted by molar-refractivity contribution is 0.0692. The molecule has 2 rings (SSSR count). The van der Waals surface area contributed by atoms with Crippen LogP contribution in [0.4, 0.5) is 0 Å². The number of hydrogen-bond donors (Lipinski definition) is 1. The standard InChI is InChI=1S/C12H9Cl2NO2S/c1-2-9-15-10(12(16)17)11(18-9)6-3-7(13)5-8(14)4-6/h3-5H,2H2,1H3,(H,16,17). The van der Waals surface area contributed by atoms with Crippen LogP contribution in [-0.2, 0) is 6.42 Å². The fourth-order valence-electron chi connectivity index (χ4n) is 1.54. The lowest BCUT2D eigenvalue weighted by atomic mass is 10.1. The molecule has 0 aliphatic carbocycles. The molecule has 94 valence electrons. The van der Waals surface area contributed by atoms with Gasteiger partial charge in [-0.3, -0.25) is 0 Å². The van der Waals surface area contributed by atoms with Crippen LogP contribution in [0.5, 0.6) is 0 Å². The lowest BCUT2D eigenvalue weighted by Crippen LogP contribution is -1.99. The number of carboxylic acids is 1. The number of aromatic nitrogens is 1. The van der Waals surface area contributed by atoms with Crippen LogP contribution in [0.1, 0.15) is 22.4 Å². The molecule has 0 aliphatic rings. The van der Waals surface area contributed by atoms with Crippen molar-refractivity contribution in [1.29, 1.82) is 0 Å². The highest BCUT2D eigenvalue weighted by molar-refractivity contribution is 7.15. The van der Waals surface area contributed by atoms with Gasteiger partial charge in [0.1, 0.15) is 0 Å². The number of carboxylic acid groups (broad SMARTS) is 1. The van der Waals surface area contributed by atoms with Gasteiger partial charge in [0.25, 0.3) is 0 Å². The van der Waals surface area contributed by atoms with Gasteiger partial charge in [0.05, 0.1) is 9.88 Å². The van der Waals surface area contributed by atoms with E-state index in [1.807, 2.05) is 6.92 Å². The molecule has 0 aliphatic heterocycles. The Labute approximate surface area is 118 Å². The number of hydrogen-bond acceptors (Lipinski definition) is 3. The molecule has 0 atom stereocenters. The summed E-state index contributed by atoms with van der Waals surface area (Å²) < 4.78 is 0. The van der Waals surface area contributed by atoms with Crippen molar-refractivity contribution in [3.8, 4) is 10.4 Å². The number of halogens is 2. The summed E-state index contributed by atoms with van der Waals surface area (Å²) in [6.45, 7) is 1.93. The minimum absolute atomic E-state index is 0.0511. The van der Waals surface area contributed by atoms with Crippen LogP contribution in [0.25, 0.3) is 10.4 Å². The van der Waals surface area contributed by atoms with Crippen molar-refractivity contribution in [3.63, 3.8) is 0 Å². The van der Waals surface area contributed by atoms with Crippen LogP contribution >= 0.6 is 34.5 Å². The Balaban J connectivity index is 2.61. The Hall–Kier alpha value is -1.10. The number of rotatable bonds is 3. The van der Waals surface area contributed by atoms with E-state index in [1.54, 1.807) is 18.2 Å². The van der Waals surface area contributed by atoms with Gasteiger partial charge in [-0.25, -0.2) is 9.78 Å². The van der Waals surface area contributed by atoms with Crippen LogP contribution in [0.15, 0.2) is 18.2 Å². The third-order valence-corrected chi connectivity index (χ3v) is 3.99. The quantitative estimate of drug-likeness (QED) is 0.915. The zero-order chi connectivity index (χ0) is 13.3. The van der Waals surface area contributed by atoms with E-state index in [4.69, 9.17) is 28.3 Å². The average Bonchev–Trinajstić information content (AvgIpc) is 2.71. The number of benzene rings is 1. The molecule has 0 fully saturated rings. The first-order valence-corrected chi connectivity index (χ1v) is 6.78. The molecule has 18 heavy (non-hydrogen) atoms. The molecule has 0 amide bonds. The molecule has 1 N–H and O–H groups in total. The van der Waals surface area contributed by atoms with E-state index >= 15 is 0 Å². The summed E-state index contributed by atoms with van der Waals surface area (Å²) in [6, 6.07) is 4.98. The topological polar surface area (TPSA) is 50.2 Å². The molecule has 0 unspecified atom stereocenters. The number of aryl methyl sites for hydroxylation is 1. The van der Waals surface area contributed by atoms with Gasteiger partial charge < -0.3 is 5.11 Å². The molecule has 0 radical (unpaired) electrons. The molecule has 0 spiro atoms. The molecule has 2 aromatic rings. The molecule has 0 saturated heterocycles. The van der Waals surface area contributed by atoms with E-state index in [0.717, 1.165) is 5.01 Å². The summed E-state index contributed by atoms with van der Waals surface area (Å²) in [5.74, 6) is -1.04. The highest BCUT2D eigenvalue weighted by Crippen LogP contribution is 2.34. The minimum atomic E-state index is -1.04. The van der Waals surface area contributed by atoms with Gasteiger partial charge in [-0.1, -0.05) is 30.1 Å². The third kappa shape index (κ3) is 2.66. The second kappa shape index (κ2) is 5.26. The first-order chi connectivity index (χ1) is 8.51. The SMILES string of the molecule is CCc1nc(C(=O)O)c(-c2cc(Cl)cc(Cl)c2)s1. The number of carbonyl (C=O) groups is 1. The molecule has 0 bridgehead atoms. The predicted molar refractivity (Wildman–Crippen MR) is 73.9 cm³/mol. The first-order valence-electron chi connectivity index (χ1n) is 5.20. The van der Waals surface area contributed by atoms with Crippen LogP contribution in [0.3, 0.4) is 0 Å². The Morgan fingerprint density at radius 2 is 1.94 bits per heavy atom. The van der Waals surface area contributed by atoms with Crippen LogP contribution < -0.4 is 0 Å². The highest BCUT2D eigenvalue weighted by Gasteiger charge is 2.18. The molecule has 6 heteroatoms. The molecule has 1 aromatic heterocycles. The summed E-state index contributed by atoms with van der Waals surface area (Å²) >= 11 is 13.2. The van der Waals surface area contributed by atoms with E-state index in [-0.39, 0.29) is 5.69 Å². The van der Waals surface area contributed by atoms with Crippen molar-refractivity contribution in [3.05, 3.63) is 38.9 Å². The normalized spacial score (nSPS) is 10.6. The van der Waals surface area contributed by atoms with E-state index in [1.165, 1.54) is 11.3 Å². The fourth-order valence-corrected chi connectivity index (χ4v) is 3.05. The molecule has 1 aromatic carbocycles. The Bertz CT molecular complexity index is 590. The zero-order valence-electron chi connectivity index (χ0n) is 9.41.